The van der Waals surface area contributed by atoms with Gasteiger partial charge in [-0.05, 0) is 91.2 Å². The van der Waals surface area contributed by atoms with Gasteiger partial charge in [-0.3, -0.25) is 0 Å². The molecule has 1 heterocycles. The van der Waals surface area contributed by atoms with E-state index < -0.39 is 0 Å². The van der Waals surface area contributed by atoms with Crippen molar-refractivity contribution in [3.05, 3.63) is 117 Å². The molecule has 0 fully saturated rings. The number of nitrogens with zero attached hydrogens (tertiary/aromatic N) is 2. The molecule has 164 valence electrons. The third kappa shape index (κ3) is 5.24. The maximum absolute atomic E-state index is 13.3. The first-order chi connectivity index (χ1) is 15.9. The molecule has 4 rings (SSSR count). The van der Waals surface area contributed by atoms with Gasteiger partial charge in [-0.15, -0.1) is 0 Å². The van der Waals surface area contributed by atoms with Gasteiger partial charge >= 0.3 is 0 Å². The molecule has 1 aromatic heterocycles. The third-order valence-electron chi connectivity index (χ3n) is 5.46. The van der Waals surface area contributed by atoms with Crippen LogP contribution in [-0.2, 0) is 6.61 Å². The number of aryl methyl sites for hydroxylation is 1. The van der Waals surface area contributed by atoms with Gasteiger partial charge in [0, 0.05) is 21.5 Å². The summed E-state index contributed by atoms with van der Waals surface area (Å²) in [6, 6.07) is 26.3. The highest BCUT2D eigenvalue weighted by atomic mass is 79.9. The molecule has 0 spiro atoms. The molecule has 0 N–H and O–H groups in total. The molecule has 0 aliphatic carbocycles. The normalized spacial score (nSPS) is 11.3. The zero-order valence-corrected chi connectivity index (χ0v) is 19.9. The minimum Gasteiger partial charge on any atom is -0.489 e. The lowest BCUT2D eigenvalue weighted by Crippen LogP contribution is -2.00. The summed E-state index contributed by atoms with van der Waals surface area (Å²) in [5.74, 6) is 0.478. The van der Waals surface area contributed by atoms with Gasteiger partial charge in [0.1, 0.15) is 18.2 Å². The lowest BCUT2D eigenvalue weighted by atomic mass is 10.0. The summed E-state index contributed by atoms with van der Waals surface area (Å²) in [4.78, 5) is 0. The van der Waals surface area contributed by atoms with Gasteiger partial charge in [0.2, 0.25) is 0 Å². The largest absolute Gasteiger partial charge is 0.489 e. The predicted octanol–water partition coefficient (Wildman–Crippen LogP) is 7.64. The number of ether oxygens (including phenoxy) is 1. The van der Waals surface area contributed by atoms with Crippen LogP contribution in [0.25, 0.3) is 17.3 Å². The Hall–Kier alpha value is -3.62. The predicted molar refractivity (Wildman–Crippen MR) is 134 cm³/mol. The molecular formula is C28H22BrFN2O. The van der Waals surface area contributed by atoms with Crippen molar-refractivity contribution in [1.82, 2.24) is 4.57 Å². The highest BCUT2D eigenvalue weighted by molar-refractivity contribution is 9.10. The van der Waals surface area contributed by atoms with E-state index in [-0.39, 0.29) is 5.82 Å². The molecule has 0 atom stereocenters. The molecule has 0 saturated heterocycles. The van der Waals surface area contributed by atoms with Gasteiger partial charge in [-0.2, -0.15) is 5.26 Å². The SMILES string of the molecule is Cc1cc(/C=C(/C#N)c2ccc(F)cc2)c(C)n1-c1ccc(OCc2ccc(Br)cc2)cc1. The van der Waals surface area contributed by atoms with Crippen molar-refractivity contribution in [2.75, 3.05) is 0 Å². The zero-order valence-electron chi connectivity index (χ0n) is 18.3. The van der Waals surface area contributed by atoms with Crippen molar-refractivity contribution in [3.63, 3.8) is 0 Å². The molecule has 3 aromatic carbocycles. The molecule has 0 aliphatic heterocycles. The van der Waals surface area contributed by atoms with E-state index in [4.69, 9.17) is 4.74 Å². The standard InChI is InChI=1S/C28H22BrFN2O/c1-19-15-23(16-24(17-31)22-5-9-26(30)10-6-22)20(2)32(19)27-11-13-28(14-12-27)33-18-21-3-7-25(29)8-4-21/h3-16H,18H2,1-2H3/b24-16-. The second-order valence-electron chi connectivity index (χ2n) is 7.75. The molecule has 0 amide bonds. The number of aromatic nitrogens is 1. The van der Waals surface area contributed by atoms with E-state index in [1.807, 2.05) is 74.5 Å². The summed E-state index contributed by atoms with van der Waals surface area (Å²) in [5.41, 5.74) is 6.32. The number of allylic oxidation sites excluding steroid dienone is 1. The number of halogens is 2. The summed E-state index contributed by atoms with van der Waals surface area (Å²) < 4.78 is 22.4. The Morgan fingerprint density at radius 3 is 2.30 bits per heavy atom. The minimum atomic E-state index is -0.321. The molecule has 0 radical (unpaired) electrons. The fourth-order valence-corrected chi connectivity index (χ4v) is 4.00. The summed E-state index contributed by atoms with van der Waals surface area (Å²) in [7, 11) is 0. The van der Waals surface area contributed by atoms with Crippen LogP contribution < -0.4 is 4.74 Å². The van der Waals surface area contributed by atoms with Gasteiger partial charge < -0.3 is 9.30 Å². The molecule has 0 aliphatic rings. The summed E-state index contributed by atoms with van der Waals surface area (Å²) in [6.07, 6.45) is 1.85. The topological polar surface area (TPSA) is 38.0 Å². The monoisotopic (exact) mass is 500 g/mol. The van der Waals surface area contributed by atoms with Crippen LogP contribution in [0.3, 0.4) is 0 Å². The molecule has 0 saturated carbocycles. The zero-order chi connectivity index (χ0) is 23.4. The second-order valence-corrected chi connectivity index (χ2v) is 8.66. The number of hydrogen-bond acceptors (Lipinski definition) is 2. The maximum Gasteiger partial charge on any atom is 0.123 e. The Kier molecular flexibility index (Phi) is 6.76. The molecule has 4 aromatic rings. The molecule has 0 bridgehead atoms. The average Bonchev–Trinajstić information content (AvgIpc) is 3.10. The molecule has 0 unspecified atom stereocenters. The summed E-state index contributed by atoms with van der Waals surface area (Å²) in [6.45, 7) is 4.56. The van der Waals surface area contributed by atoms with E-state index in [2.05, 4.69) is 26.6 Å². The molecule has 33 heavy (non-hydrogen) atoms. The summed E-state index contributed by atoms with van der Waals surface area (Å²) in [5, 5.41) is 9.64. The Morgan fingerprint density at radius 2 is 1.67 bits per heavy atom. The van der Waals surface area contributed by atoms with Crippen molar-refractivity contribution >= 4 is 27.6 Å². The van der Waals surface area contributed by atoms with Gasteiger partial charge in [-0.1, -0.05) is 40.2 Å². The van der Waals surface area contributed by atoms with Crippen molar-refractivity contribution in [2.45, 2.75) is 20.5 Å². The van der Waals surface area contributed by atoms with E-state index in [0.29, 0.717) is 17.7 Å². The third-order valence-corrected chi connectivity index (χ3v) is 5.99. The maximum atomic E-state index is 13.3. The van der Waals surface area contributed by atoms with Crippen LogP contribution in [0.5, 0.6) is 5.75 Å². The number of benzene rings is 3. The van der Waals surface area contributed by atoms with Crippen LogP contribution in [0.2, 0.25) is 0 Å². The van der Waals surface area contributed by atoms with Gasteiger partial charge in [0.25, 0.3) is 0 Å². The highest BCUT2D eigenvalue weighted by Gasteiger charge is 2.11. The van der Waals surface area contributed by atoms with E-state index in [1.165, 1.54) is 12.1 Å². The number of rotatable bonds is 6. The van der Waals surface area contributed by atoms with Crippen LogP contribution in [0.15, 0.2) is 83.3 Å². The van der Waals surface area contributed by atoms with Crippen molar-refractivity contribution in [1.29, 1.82) is 5.26 Å². The average molecular weight is 501 g/mol. The number of nitriles is 1. The van der Waals surface area contributed by atoms with E-state index in [9.17, 15) is 9.65 Å². The first-order valence-electron chi connectivity index (χ1n) is 10.5. The molecule has 3 nitrogen and oxygen atoms in total. The Labute approximate surface area is 201 Å². The fourth-order valence-electron chi connectivity index (χ4n) is 3.73. The van der Waals surface area contributed by atoms with E-state index in [0.717, 1.165) is 38.4 Å². The minimum absolute atomic E-state index is 0.321. The Morgan fingerprint density at radius 1 is 1.00 bits per heavy atom. The lowest BCUT2D eigenvalue weighted by molar-refractivity contribution is 0.306. The second kappa shape index (κ2) is 9.89. The fraction of sp³-hybridized carbons (Fsp3) is 0.107. The lowest BCUT2D eigenvalue weighted by Gasteiger charge is -2.12. The first-order valence-corrected chi connectivity index (χ1v) is 11.3. The summed E-state index contributed by atoms with van der Waals surface area (Å²) >= 11 is 3.44. The van der Waals surface area contributed by atoms with Crippen LogP contribution in [0.1, 0.15) is 28.1 Å². The van der Waals surface area contributed by atoms with Crippen molar-refractivity contribution < 1.29 is 9.13 Å². The van der Waals surface area contributed by atoms with Crippen molar-refractivity contribution in [3.8, 4) is 17.5 Å². The number of hydrogen-bond donors (Lipinski definition) is 0. The van der Waals surface area contributed by atoms with Crippen molar-refractivity contribution in [2.24, 2.45) is 0 Å². The van der Waals surface area contributed by atoms with Gasteiger partial charge in [0.05, 0.1) is 11.6 Å². The van der Waals surface area contributed by atoms with Gasteiger partial charge in [-0.25, -0.2) is 4.39 Å². The highest BCUT2D eigenvalue weighted by Crippen LogP contribution is 2.27. The van der Waals surface area contributed by atoms with Gasteiger partial charge in [0.15, 0.2) is 0 Å². The Balaban J connectivity index is 1.55. The van der Waals surface area contributed by atoms with E-state index in [1.54, 1.807) is 12.1 Å². The smallest absolute Gasteiger partial charge is 0.123 e. The first kappa shape index (κ1) is 22.6. The molecule has 5 heteroatoms. The van der Waals surface area contributed by atoms with Crippen LogP contribution in [0, 0.1) is 31.0 Å². The molecular weight excluding hydrogens is 479 g/mol. The van der Waals surface area contributed by atoms with E-state index >= 15 is 0 Å². The Bertz CT molecular complexity index is 1330. The van der Waals surface area contributed by atoms with Crippen LogP contribution >= 0.6 is 15.9 Å². The van der Waals surface area contributed by atoms with Crippen LogP contribution in [0.4, 0.5) is 4.39 Å². The van der Waals surface area contributed by atoms with Crippen LogP contribution in [-0.4, -0.2) is 4.57 Å². The quantitative estimate of drug-likeness (QED) is 0.255.